The molecule has 0 aromatic carbocycles. The van der Waals surface area contributed by atoms with Crippen LogP contribution in [-0.4, -0.2) is 28.2 Å². The van der Waals surface area contributed by atoms with Crippen LogP contribution < -0.4 is 10.8 Å². The van der Waals surface area contributed by atoms with Crippen LogP contribution in [0.1, 0.15) is 13.8 Å². The largest absolute Gasteiger partial charge is 0.490 e. The lowest BCUT2D eigenvalue weighted by atomic mass is 9.82. The highest BCUT2D eigenvalue weighted by molar-refractivity contribution is 6.58. The molecule has 5 heteroatoms. The number of nitrogens with one attached hydrogen (secondary N) is 1. The van der Waals surface area contributed by atoms with Gasteiger partial charge in [0.2, 0.25) is 0 Å². The maximum absolute atomic E-state index is 8.79. The highest BCUT2D eigenvalue weighted by Crippen LogP contribution is 2.00. The van der Waals surface area contributed by atoms with Crippen LogP contribution in [0.25, 0.3) is 0 Å². The molecule has 0 saturated heterocycles. The van der Waals surface area contributed by atoms with Crippen LogP contribution in [0.2, 0.25) is 0 Å². The van der Waals surface area contributed by atoms with Crippen molar-refractivity contribution in [1.82, 2.24) is 4.98 Å². The van der Waals surface area contributed by atoms with Crippen LogP contribution in [0.4, 0.5) is 5.82 Å². The molecule has 3 N–H and O–H groups in total. The molecule has 0 atom stereocenters. The Labute approximate surface area is 77.8 Å². The zero-order valence-electron chi connectivity index (χ0n) is 7.73. The van der Waals surface area contributed by atoms with Crippen LogP contribution in [0.3, 0.4) is 0 Å². The summed E-state index contributed by atoms with van der Waals surface area (Å²) in [5, 5.41) is 20.7. The lowest BCUT2D eigenvalue weighted by Crippen LogP contribution is -2.30. The summed E-state index contributed by atoms with van der Waals surface area (Å²) < 4.78 is 0. The van der Waals surface area contributed by atoms with Gasteiger partial charge < -0.3 is 15.4 Å². The molecule has 1 heterocycles. The Kier molecular flexibility index (Phi) is 3.28. The first-order valence-corrected chi connectivity index (χ1v) is 4.18. The van der Waals surface area contributed by atoms with Gasteiger partial charge in [-0.2, -0.15) is 0 Å². The third-order valence-electron chi connectivity index (χ3n) is 1.52. The quantitative estimate of drug-likeness (QED) is 0.553. The second-order valence-electron chi connectivity index (χ2n) is 3.15. The molecule has 0 fully saturated rings. The van der Waals surface area contributed by atoms with Gasteiger partial charge in [0.05, 0.1) is 0 Å². The van der Waals surface area contributed by atoms with E-state index in [1.807, 2.05) is 13.8 Å². The number of pyridine rings is 1. The smallest absolute Gasteiger partial charge is 0.423 e. The van der Waals surface area contributed by atoms with Gasteiger partial charge >= 0.3 is 7.12 Å². The van der Waals surface area contributed by atoms with Crippen molar-refractivity contribution in [2.75, 3.05) is 5.32 Å². The van der Waals surface area contributed by atoms with Crippen molar-refractivity contribution < 1.29 is 10.0 Å². The lowest BCUT2D eigenvalue weighted by molar-refractivity contribution is 0.425. The fourth-order valence-electron chi connectivity index (χ4n) is 0.939. The van der Waals surface area contributed by atoms with Crippen molar-refractivity contribution in [2.24, 2.45) is 0 Å². The van der Waals surface area contributed by atoms with Crippen LogP contribution in [0.15, 0.2) is 18.3 Å². The van der Waals surface area contributed by atoms with E-state index in [2.05, 4.69) is 10.3 Å². The summed E-state index contributed by atoms with van der Waals surface area (Å²) in [6.45, 7) is 4.02. The van der Waals surface area contributed by atoms with Crippen molar-refractivity contribution in [1.29, 1.82) is 0 Å². The Morgan fingerprint density at radius 3 is 2.46 bits per heavy atom. The molecule has 0 aliphatic heterocycles. The van der Waals surface area contributed by atoms with Crippen LogP contribution >= 0.6 is 0 Å². The van der Waals surface area contributed by atoms with Crippen molar-refractivity contribution in [3.63, 3.8) is 0 Å². The van der Waals surface area contributed by atoms with Crippen LogP contribution in [-0.2, 0) is 0 Å². The first-order chi connectivity index (χ1) is 6.09. The minimum Gasteiger partial charge on any atom is -0.423 e. The standard InChI is InChI=1S/C8H13BN2O2/c1-6(2)11-8-4-3-7(5-10-8)9(12)13/h3-6,12-13H,1-2H3,(H,10,11). The second kappa shape index (κ2) is 4.25. The van der Waals surface area contributed by atoms with Crippen molar-refractivity contribution in [3.05, 3.63) is 18.3 Å². The van der Waals surface area contributed by atoms with Crippen LogP contribution in [0.5, 0.6) is 0 Å². The molecule has 0 aliphatic rings. The summed E-state index contributed by atoms with van der Waals surface area (Å²) in [5.41, 5.74) is 0.398. The van der Waals surface area contributed by atoms with Gasteiger partial charge in [0.25, 0.3) is 0 Å². The Morgan fingerprint density at radius 2 is 2.08 bits per heavy atom. The molecule has 0 radical (unpaired) electrons. The summed E-state index contributed by atoms with van der Waals surface area (Å²) >= 11 is 0. The van der Waals surface area contributed by atoms with E-state index in [1.54, 1.807) is 12.1 Å². The molecule has 0 spiro atoms. The molecule has 4 nitrogen and oxygen atoms in total. The predicted octanol–water partition coefficient (Wildman–Crippen LogP) is -0.418. The van der Waals surface area contributed by atoms with Gasteiger partial charge in [-0.15, -0.1) is 0 Å². The Hall–Kier alpha value is -1.07. The molecule has 1 aromatic heterocycles. The summed E-state index contributed by atoms with van der Waals surface area (Å²) in [6, 6.07) is 3.66. The molecular formula is C8H13BN2O2. The number of aromatic nitrogens is 1. The van der Waals surface area contributed by atoms with Crippen molar-refractivity contribution >= 4 is 18.4 Å². The zero-order valence-corrected chi connectivity index (χ0v) is 7.73. The van der Waals surface area contributed by atoms with E-state index in [9.17, 15) is 0 Å². The summed E-state index contributed by atoms with van der Waals surface area (Å²) in [6.07, 6.45) is 1.44. The number of hydrogen-bond donors (Lipinski definition) is 3. The molecule has 0 aliphatic carbocycles. The van der Waals surface area contributed by atoms with E-state index in [-0.39, 0.29) is 0 Å². The molecule has 70 valence electrons. The van der Waals surface area contributed by atoms with Gasteiger partial charge in [-0.25, -0.2) is 4.98 Å². The van der Waals surface area contributed by atoms with E-state index in [0.717, 1.165) is 5.82 Å². The van der Waals surface area contributed by atoms with Gasteiger partial charge in [-0.05, 0) is 19.9 Å². The average molecular weight is 180 g/mol. The Morgan fingerprint density at radius 1 is 1.38 bits per heavy atom. The number of nitrogens with zero attached hydrogens (tertiary/aromatic N) is 1. The van der Waals surface area contributed by atoms with Gasteiger partial charge in [0.15, 0.2) is 0 Å². The fraction of sp³-hybridized carbons (Fsp3) is 0.375. The maximum Gasteiger partial charge on any atom is 0.490 e. The maximum atomic E-state index is 8.79. The third kappa shape index (κ3) is 3.04. The molecule has 1 rings (SSSR count). The highest BCUT2D eigenvalue weighted by atomic mass is 16.4. The predicted molar refractivity (Wildman–Crippen MR) is 52.8 cm³/mol. The molecule has 0 saturated carbocycles. The molecule has 1 aromatic rings. The van der Waals surface area contributed by atoms with Gasteiger partial charge in [0.1, 0.15) is 5.82 Å². The van der Waals surface area contributed by atoms with E-state index in [1.165, 1.54) is 6.20 Å². The third-order valence-corrected chi connectivity index (χ3v) is 1.52. The van der Waals surface area contributed by atoms with E-state index >= 15 is 0 Å². The minimum absolute atomic E-state index is 0.317. The highest BCUT2D eigenvalue weighted by Gasteiger charge is 2.10. The summed E-state index contributed by atoms with van der Waals surface area (Å²) in [5.74, 6) is 0.736. The zero-order chi connectivity index (χ0) is 9.84. The van der Waals surface area contributed by atoms with Gasteiger partial charge in [-0.1, -0.05) is 6.07 Å². The monoisotopic (exact) mass is 180 g/mol. The van der Waals surface area contributed by atoms with Crippen molar-refractivity contribution in [3.8, 4) is 0 Å². The van der Waals surface area contributed by atoms with Crippen LogP contribution in [0, 0.1) is 0 Å². The first-order valence-electron chi connectivity index (χ1n) is 4.18. The fourth-order valence-corrected chi connectivity index (χ4v) is 0.939. The summed E-state index contributed by atoms with van der Waals surface area (Å²) in [7, 11) is -1.44. The molecular weight excluding hydrogens is 167 g/mol. The SMILES string of the molecule is CC(C)Nc1ccc(B(O)O)cn1. The molecule has 0 amide bonds. The van der Waals surface area contributed by atoms with Gasteiger partial charge in [0, 0.05) is 17.7 Å². The summed E-state index contributed by atoms with van der Waals surface area (Å²) in [4.78, 5) is 4.01. The topological polar surface area (TPSA) is 65.4 Å². The molecule has 0 unspecified atom stereocenters. The number of rotatable bonds is 3. The van der Waals surface area contributed by atoms with Gasteiger partial charge in [-0.3, -0.25) is 0 Å². The average Bonchev–Trinajstić information content (AvgIpc) is 2.04. The second-order valence-corrected chi connectivity index (χ2v) is 3.15. The van der Waals surface area contributed by atoms with E-state index in [0.29, 0.717) is 11.5 Å². The van der Waals surface area contributed by atoms with E-state index in [4.69, 9.17) is 10.0 Å². The molecule has 13 heavy (non-hydrogen) atoms. The normalized spacial score (nSPS) is 10.2. The molecule has 0 bridgehead atoms. The minimum atomic E-state index is -1.44. The Bertz CT molecular complexity index is 261. The Balaban J connectivity index is 2.70. The number of anilines is 1. The number of hydrogen-bond acceptors (Lipinski definition) is 4. The van der Waals surface area contributed by atoms with E-state index < -0.39 is 7.12 Å². The lowest BCUT2D eigenvalue weighted by Gasteiger charge is -2.08. The first kappa shape index (κ1) is 10.0. The van der Waals surface area contributed by atoms with Crippen molar-refractivity contribution in [2.45, 2.75) is 19.9 Å².